The van der Waals surface area contributed by atoms with Crippen LogP contribution in [0.2, 0.25) is 5.02 Å². The van der Waals surface area contributed by atoms with Gasteiger partial charge in [0.2, 0.25) is 11.0 Å². The third-order valence-electron chi connectivity index (χ3n) is 3.86. The van der Waals surface area contributed by atoms with Crippen molar-refractivity contribution < 1.29 is 9.72 Å². The smallest absolute Gasteiger partial charge is 0.271 e. The minimum Gasteiger partial charge on any atom is -0.330 e. The van der Waals surface area contributed by atoms with E-state index in [0.29, 0.717) is 20.2 Å². The van der Waals surface area contributed by atoms with Gasteiger partial charge in [0.15, 0.2) is 4.34 Å². The largest absolute Gasteiger partial charge is 0.330 e. The molecular formula is C18H16ClN5O3S2. The number of carbonyl (C=O) groups is 1. The number of aryl methyl sites for hydroxylation is 2. The maximum Gasteiger partial charge on any atom is 0.271 e. The Morgan fingerprint density at radius 2 is 1.97 bits per heavy atom. The Kier molecular flexibility index (Phi) is 6.68. The average molecular weight is 450 g/mol. The first-order valence-corrected chi connectivity index (χ1v) is 10.5. The lowest BCUT2D eigenvalue weighted by Crippen LogP contribution is -2.15. The Balaban J connectivity index is 1.56. The van der Waals surface area contributed by atoms with E-state index in [-0.39, 0.29) is 17.3 Å². The molecular weight excluding hydrogens is 434 g/mol. The number of hydrogen-bond donors (Lipinski definition) is 2. The van der Waals surface area contributed by atoms with E-state index >= 15 is 0 Å². The lowest BCUT2D eigenvalue weighted by atomic mass is 10.2. The van der Waals surface area contributed by atoms with Crippen molar-refractivity contribution in [3.05, 3.63) is 62.7 Å². The maximum absolute atomic E-state index is 12.2. The molecule has 0 radical (unpaired) electrons. The van der Waals surface area contributed by atoms with Crippen molar-refractivity contribution in [3.63, 3.8) is 0 Å². The normalized spacial score (nSPS) is 10.6. The summed E-state index contributed by atoms with van der Waals surface area (Å²) in [5, 5.41) is 26.1. The molecule has 0 spiro atoms. The Hall–Kier alpha value is -2.69. The molecule has 0 atom stereocenters. The second-order valence-corrected chi connectivity index (χ2v) is 8.66. The summed E-state index contributed by atoms with van der Waals surface area (Å²) in [7, 11) is 0. The standard InChI is InChI=1S/C18H16ClN5O3S2/c1-10-3-5-12(7-14(10)19)20-17-22-23-18(29-17)28-9-16(25)21-15-8-13(24(26)27)6-4-11(15)2/h3-8H,9H2,1-2H3,(H,20,22)(H,21,25). The third kappa shape index (κ3) is 5.66. The molecule has 1 amide bonds. The number of nitro groups is 1. The molecule has 0 aliphatic carbocycles. The van der Waals surface area contributed by atoms with Gasteiger partial charge in [-0.25, -0.2) is 0 Å². The molecule has 150 valence electrons. The SMILES string of the molecule is Cc1ccc(Nc2nnc(SCC(=O)Nc3cc([N+](=O)[O-])ccc3C)s2)cc1Cl. The number of halogens is 1. The lowest BCUT2D eigenvalue weighted by molar-refractivity contribution is -0.384. The number of amides is 1. The minimum absolute atomic E-state index is 0.0744. The second-order valence-electron chi connectivity index (χ2n) is 6.06. The molecule has 0 bridgehead atoms. The average Bonchev–Trinajstić information content (AvgIpc) is 3.12. The molecule has 0 saturated carbocycles. The highest BCUT2D eigenvalue weighted by Gasteiger charge is 2.13. The van der Waals surface area contributed by atoms with E-state index in [4.69, 9.17) is 11.6 Å². The number of nitro benzene ring substituents is 1. The summed E-state index contributed by atoms with van der Waals surface area (Å²) in [4.78, 5) is 22.6. The quantitative estimate of drug-likeness (QED) is 0.290. The van der Waals surface area contributed by atoms with Gasteiger partial charge < -0.3 is 10.6 Å². The van der Waals surface area contributed by atoms with Crippen molar-refractivity contribution >= 4 is 62.8 Å². The molecule has 8 nitrogen and oxygen atoms in total. The van der Waals surface area contributed by atoms with Gasteiger partial charge in [0, 0.05) is 22.8 Å². The van der Waals surface area contributed by atoms with E-state index in [2.05, 4.69) is 20.8 Å². The molecule has 11 heteroatoms. The van der Waals surface area contributed by atoms with Crippen LogP contribution in [0.3, 0.4) is 0 Å². The Morgan fingerprint density at radius 3 is 2.69 bits per heavy atom. The Bertz CT molecular complexity index is 1070. The summed E-state index contributed by atoms with van der Waals surface area (Å²) >= 11 is 8.66. The fourth-order valence-corrected chi connectivity index (χ4v) is 4.04. The molecule has 29 heavy (non-hydrogen) atoms. The minimum atomic E-state index is -0.499. The number of anilines is 3. The molecule has 2 aromatic carbocycles. The fraction of sp³-hybridized carbons (Fsp3) is 0.167. The van der Waals surface area contributed by atoms with Gasteiger partial charge >= 0.3 is 0 Å². The van der Waals surface area contributed by atoms with Crippen molar-refractivity contribution in [1.82, 2.24) is 10.2 Å². The van der Waals surface area contributed by atoms with Gasteiger partial charge in [-0.2, -0.15) is 0 Å². The van der Waals surface area contributed by atoms with Crippen molar-refractivity contribution in [3.8, 4) is 0 Å². The highest BCUT2D eigenvalue weighted by Crippen LogP contribution is 2.29. The van der Waals surface area contributed by atoms with Crippen LogP contribution in [0.1, 0.15) is 11.1 Å². The van der Waals surface area contributed by atoms with Gasteiger partial charge in [0.05, 0.1) is 16.4 Å². The van der Waals surface area contributed by atoms with E-state index in [1.54, 1.807) is 19.1 Å². The van der Waals surface area contributed by atoms with Crippen LogP contribution >= 0.6 is 34.7 Å². The van der Waals surface area contributed by atoms with E-state index in [9.17, 15) is 14.9 Å². The zero-order valence-corrected chi connectivity index (χ0v) is 17.8. The van der Waals surface area contributed by atoms with Crippen molar-refractivity contribution in [2.24, 2.45) is 0 Å². The van der Waals surface area contributed by atoms with Crippen molar-refractivity contribution in [1.29, 1.82) is 0 Å². The topological polar surface area (TPSA) is 110 Å². The number of hydrogen-bond acceptors (Lipinski definition) is 8. The molecule has 2 N–H and O–H groups in total. The molecule has 3 rings (SSSR count). The number of nitrogens with zero attached hydrogens (tertiary/aromatic N) is 3. The molecule has 0 unspecified atom stereocenters. The summed E-state index contributed by atoms with van der Waals surface area (Å²) in [6.07, 6.45) is 0. The number of non-ortho nitro benzene ring substituents is 1. The number of thioether (sulfide) groups is 1. The highest BCUT2D eigenvalue weighted by molar-refractivity contribution is 8.01. The summed E-state index contributed by atoms with van der Waals surface area (Å²) < 4.78 is 0.622. The van der Waals surface area contributed by atoms with Gasteiger partial charge in [-0.3, -0.25) is 14.9 Å². The number of nitrogens with one attached hydrogen (secondary N) is 2. The van der Waals surface area contributed by atoms with E-state index < -0.39 is 4.92 Å². The van der Waals surface area contributed by atoms with Crippen LogP contribution < -0.4 is 10.6 Å². The molecule has 0 aliphatic rings. The van der Waals surface area contributed by atoms with E-state index in [1.165, 1.54) is 35.2 Å². The fourth-order valence-electron chi connectivity index (χ4n) is 2.28. The first-order valence-electron chi connectivity index (χ1n) is 8.36. The van der Waals surface area contributed by atoms with Crippen molar-refractivity contribution in [2.45, 2.75) is 18.2 Å². The number of aromatic nitrogens is 2. The third-order valence-corrected chi connectivity index (χ3v) is 6.24. The predicted octanol–water partition coefficient (Wildman–Crippen LogP) is 5.19. The van der Waals surface area contributed by atoms with Gasteiger partial charge in [-0.1, -0.05) is 46.8 Å². The maximum atomic E-state index is 12.2. The van der Waals surface area contributed by atoms with Gasteiger partial charge in [0.25, 0.3) is 5.69 Å². The molecule has 3 aromatic rings. The van der Waals surface area contributed by atoms with Crippen LogP contribution in [-0.2, 0) is 4.79 Å². The van der Waals surface area contributed by atoms with Crippen LogP contribution in [-0.4, -0.2) is 26.8 Å². The molecule has 1 heterocycles. The number of benzene rings is 2. The first kappa shape index (κ1) is 21.0. The van der Waals surface area contributed by atoms with E-state index in [1.807, 2.05) is 19.1 Å². The predicted molar refractivity (Wildman–Crippen MR) is 117 cm³/mol. The summed E-state index contributed by atoms with van der Waals surface area (Å²) in [5.74, 6) is -0.179. The zero-order chi connectivity index (χ0) is 21.0. The Labute approximate surface area is 179 Å². The first-order chi connectivity index (χ1) is 13.8. The monoisotopic (exact) mass is 449 g/mol. The van der Waals surface area contributed by atoms with Gasteiger partial charge in [-0.15, -0.1) is 10.2 Å². The van der Waals surface area contributed by atoms with Crippen molar-refractivity contribution in [2.75, 3.05) is 16.4 Å². The molecule has 0 fully saturated rings. The molecule has 0 aliphatic heterocycles. The number of carbonyl (C=O) groups excluding carboxylic acids is 1. The Morgan fingerprint density at radius 1 is 1.21 bits per heavy atom. The highest BCUT2D eigenvalue weighted by atomic mass is 35.5. The second kappa shape index (κ2) is 9.21. The summed E-state index contributed by atoms with van der Waals surface area (Å²) in [6.45, 7) is 3.69. The van der Waals surface area contributed by atoms with Gasteiger partial charge in [-0.05, 0) is 37.1 Å². The van der Waals surface area contributed by atoms with Crippen LogP contribution in [0, 0.1) is 24.0 Å². The summed E-state index contributed by atoms with van der Waals surface area (Å²) in [5.41, 5.74) is 2.87. The van der Waals surface area contributed by atoms with E-state index in [0.717, 1.165) is 16.8 Å². The molecule has 0 saturated heterocycles. The molecule has 1 aromatic heterocycles. The van der Waals surface area contributed by atoms with Crippen LogP contribution in [0.5, 0.6) is 0 Å². The van der Waals surface area contributed by atoms with Gasteiger partial charge in [0.1, 0.15) is 0 Å². The van der Waals surface area contributed by atoms with Crippen LogP contribution in [0.25, 0.3) is 0 Å². The van der Waals surface area contributed by atoms with Crippen LogP contribution in [0.15, 0.2) is 40.7 Å². The summed E-state index contributed by atoms with van der Waals surface area (Å²) in [6, 6.07) is 9.95. The van der Waals surface area contributed by atoms with Crippen LogP contribution in [0.4, 0.5) is 22.2 Å². The number of rotatable bonds is 7. The zero-order valence-electron chi connectivity index (χ0n) is 15.4. The lowest BCUT2D eigenvalue weighted by Gasteiger charge is -2.07.